The van der Waals surface area contributed by atoms with Gasteiger partial charge in [-0.25, -0.2) is 0 Å². The highest BCUT2D eigenvalue weighted by Crippen LogP contribution is 2.38. The summed E-state index contributed by atoms with van der Waals surface area (Å²) in [5.41, 5.74) is 1.47. The lowest BCUT2D eigenvalue weighted by Crippen LogP contribution is -2.52. The molecule has 2 saturated heterocycles. The molecule has 0 aromatic heterocycles. The molecule has 2 heterocycles. The summed E-state index contributed by atoms with van der Waals surface area (Å²) in [5, 5.41) is 6.64. The summed E-state index contributed by atoms with van der Waals surface area (Å²) in [5.74, 6) is 0.418. The number of carbonyl (C=O) groups is 1. The molecule has 132 valence electrons. The van der Waals surface area contributed by atoms with E-state index in [9.17, 15) is 4.79 Å². The lowest BCUT2D eigenvalue weighted by atomic mass is 9.73. The number of ether oxygens (including phenoxy) is 1. The highest BCUT2D eigenvalue weighted by atomic mass is 35.5. The molecule has 0 aliphatic carbocycles. The van der Waals surface area contributed by atoms with Crippen molar-refractivity contribution in [2.24, 2.45) is 5.41 Å². The summed E-state index contributed by atoms with van der Waals surface area (Å²) in [6, 6.07) is 3.44. The fraction of sp³-hybridized carbons (Fsp3) is 0.611. The number of nitrogens with zero attached hydrogens (tertiary/aromatic N) is 1. The van der Waals surface area contributed by atoms with Crippen molar-refractivity contribution in [3.05, 3.63) is 22.7 Å². The van der Waals surface area contributed by atoms with Crippen molar-refractivity contribution < 1.29 is 9.53 Å². The third kappa shape index (κ3) is 3.47. The number of hydrogen-bond donors (Lipinski definition) is 2. The molecular weight excluding hydrogens is 326 g/mol. The van der Waals surface area contributed by atoms with Gasteiger partial charge in [-0.1, -0.05) is 11.6 Å². The number of hydrogen-bond acceptors (Lipinski definition) is 4. The molecule has 0 saturated carbocycles. The van der Waals surface area contributed by atoms with Crippen LogP contribution < -0.4 is 15.4 Å². The molecule has 5 nitrogen and oxygen atoms in total. The van der Waals surface area contributed by atoms with Crippen LogP contribution in [0.4, 0.5) is 5.69 Å². The zero-order chi connectivity index (χ0) is 17.2. The van der Waals surface area contributed by atoms with E-state index in [2.05, 4.69) is 15.5 Å². The van der Waals surface area contributed by atoms with E-state index in [1.54, 1.807) is 26.3 Å². The zero-order valence-corrected chi connectivity index (χ0v) is 15.2. The predicted molar refractivity (Wildman–Crippen MR) is 97.2 cm³/mol. The summed E-state index contributed by atoms with van der Waals surface area (Å²) >= 11 is 6.23. The minimum Gasteiger partial charge on any atom is -0.496 e. The van der Waals surface area contributed by atoms with E-state index in [4.69, 9.17) is 16.3 Å². The molecule has 24 heavy (non-hydrogen) atoms. The van der Waals surface area contributed by atoms with Crippen molar-refractivity contribution >= 4 is 23.2 Å². The number of anilines is 1. The van der Waals surface area contributed by atoms with Crippen LogP contribution in [0.3, 0.4) is 0 Å². The Balaban J connectivity index is 1.72. The van der Waals surface area contributed by atoms with Gasteiger partial charge in [0.15, 0.2) is 0 Å². The molecule has 0 unspecified atom stereocenters. The fourth-order valence-electron chi connectivity index (χ4n) is 4.07. The van der Waals surface area contributed by atoms with Gasteiger partial charge in [-0.15, -0.1) is 0 Å². The van der Waals surface area contributed by atoms with E-state index >= 15 is 0 Å². The summed E-state index contributed by atoms with van der Waals surface area (Å²) in [6.07, 6.45) is 4.84. The van der Waals surface area contributed by atoms with E-state index in [1.807, 2.05) is 0 Å². The summed E-state index contributed by atoms with van der Waals surface area (Å²) < 4.78 is 5.37. The number of fused-ring (bicyclic) bond motifs is 2. The smallest absolute Gasteiger partial charge is 0.255 e. The van der Waals surface area contributed by atoms with Crippen LogP contribution in [0.1, 0.15) is 36.0 Å². The van der Waals surface area contributed by atoms with Crippen LogP contribution in [-0.2, 0) is 0 Å². The Bertz CT molecular complexity index is 611. The van der Waals surface area contributed by atoms with Crippen molar-refractivity contribution in [2.45, 2.75) is 25.7 Å². The Morgan fingerprint density at radius 1 is 1.33 bits per heavy atom. The summed E-state index contributed by atoms with van der Waals surface area (Å²) in [7, 11) is 3.36. The monoisotopic (exact) mass is 351 g/mol. The highest BCUT2D eigenvalue weighted by Gasteiger charge is 2.38. The molecule has 1 aromatic rings. The van der Waals surface area contributed by atoms with Crippen molar-refractivity contribution in [3.63, 3.8) is 0 Å². The second-order valence-corrected chi connectivity index (χ2v) is 7.36. The molecule has 2 aliphatic heterocycles. The van der Waals surface area contributed by atoms with Crippen molar-refractivity contribution in [1.29, 1.82) is 0 Å². The van der Waals surface area contributed by atoms with Gasteiger partial charge in [0.25, 0.3) is 5.91 Å². The lowest BCUT2D eigenvalue weighted by molar-refractivity contribution is 0.0369. The van der Waals surface area contributed by atoms with Crippen molar-refractivity contribution in [2.75, 3.05) is 45.7 Å². The van der Waals surface area contributed by atoms with Crippen LogP contribution in [0.2, 0.25) is 5.02 Å². The van der Waals surface area contributed by atoms with Gasteiger partial charge in [-0.3, -0.25) is 4.79 Å². The minimum absolute atomic E-state index is 0.117. The standard InChI is InChI=1S/C18H26ClN3O2/c1-20-15-10-16(24-2)13(9-14(15)19)17(23)21-11-18-5-3-7-22(12-18)8-4-6-18/h9-10,20H,3-8,11-12H2,1-2H3,(H,21,23). The molecule has 1 amide bonds. The first-order chi connectivity index (χ1) is 11.6. The van der Waals surface area contributed by atoms with Gasteiger partial charge in [0, 0.05) is 31.6 Å². The predicted octanol–water partition coefficient (Wildman–Crippen LogP) is 3.00. The molecule has 2 aliphatic rings. The highest BCUT2D eigenvalue weighted by molar-refractivity contribution is 6.33. The Morgan fingerprint density at radius 2 is 2.04 bits per heavy atom. The molecule has 0 radical (unpaired) electrons. The molecule has 2 fully saturated rings. The second-order valence-electron chi connectivity index (χ2n) is 6.95. The van der Waals surface area contributed by atoms with Gasteiger partial charge >= 0.3 is 0 Å². The first-order valence-electron chi connectivity index (χ1n) is 8.63. The number of benzene rings is 1. The van der Waals surface area contributed by atoms with E-state index in [0.717, 1.165) is 18.8 Å². The van der Waals surface area contributed by atoms with Crippen LogP contribution in [0.5, 0.6) is 5.75 Å². The van der Waals surface area contributed by atoms with Crippen LogP contribution in [0.15, 0.2) is 12.1 Å². The van der Waals surface area contributed by atoms with Crippen molar-refractivity contribution in [3.8, 4) is 5.75 Å². The van der Waals surface area contributed by atoms with Gasteiger partial charge in [0.1, 0.15) is 5.75 Å². The molecule has 2 N–H and O–H groups in total. The average Bonchev–Trinajstić information content (AvgIpc) is 2.59. The Labute approximate surface area is 148 Å². The van der Waals surface area contributed by atoms with Gasteiger partial charge < -0.3 is 20.3 Å². The maximum atomic E-state index is 12.7. The van der Waals surface area contributed by atoms with E-state index in [0.29, 0.717) is 16.3 Å². The van der Waals surface area contributed by atoms with Gasteiger partial charge in [0.05, 0.1) is 23.4 Å². The van der Waals surface area contributed by atoms with Crippen LogP contribution in [0.25, 0.3) is 0 Å². The van der Waals surface area contributed by atoms with Crippen LogP contribution >= 0.6 is 11.6 Å². The molecule has 1 aromatic carbocycles. The van der Waals surface area contributed by atoms with Gasteiger partial charge in [0.2, 0.25) is 0 Å². The number of rotatable bonds is 5. The Morgan fingerprint density at radius 3 is 2.67 bits per heavy atom. The number of amides is 1. The number of methoxy groups -OCH3 is 1. The van der Waals surface area contributed by atoms with E-state index in [-0.39, 0.29) is 11.3 Å². The normalized spacial score (nSPS) is 25.9. The van der Waals surface area contributed by atoms with E-state index in [1.165, 1.54) is 38.8 Å². The fourth-order valence-corrected chi connectivity index (χ4v) is 4.33. The molecular formula is C18H26ClN3O2. The van der Waals surface area contributed by atoms with Crippen LogP contribution in [-0.4, -0.2) is 51.1 Å². The first kappa shape index (κ1) is 17.4. The maximum Gasteiger partial charge on any atom is 0.255 e. The van der Waals surface area contributed by atoms with Crippen LogP contribution in [0, 0.1) is 5.41 Å². The number of piperidine rings is 2. The maximum absolute atomic E-state index is 12.7. The number of halogens is 1. The topological polar surface area (TPSA) is 53.6 Å². The Hall–Kier alpha value is -1.46. The number of nitrogens with one attached hydrogen (secondary N) is 2. The largest absolute Gasteiger partial charge is 0.496 e. The third-order valence-electron chi connectivity index (χ3n) is 5.35. The average molecular weight is 352 g/mol. The number of carbonyl (C=O) groups excluding carboxylic acids is 1. The first-order valence-corrected chi connectivity index (χ1v) is 9.00. The summed E-state index contributed by atoms with van der Waals surface area (Å²) in [4.78, 5) is 15.2. The van der Waals surface area contributed by atoms with Gasteiger partial charge in [-0.05, 0) is 44.8 Å². The molecule has 0 spiro atoms. The third-order valence-corrected chi connectivity index (χ3v) is 5.66. The molecule has 0 atom stereocenters. The quantitative estimate of drug-likeness (QED) is 0.856. The molecule has 3 rings (SSSR count). The molecule has 6 heteroatoms. The minimum atomic E-state index is -0.117. The second kappa shape index (κ2) is 7.19. The summed E-state index contributed by atoms with van der Waals surface area (Å²) in [6.45, 7) is 4.22. The SMILES string of the molecule is CNc1cc(OC)c(C(=O)NCC23CCCN(CCC2)C3)cc1Cl. The lowest BCUT2D eigenvalue weighted by Gasteiger charge is -2.47. The van der Waals surface area contributed by atoms with Gasteiger partial charge in [-0.2, -0.15) is 0 Å². The zero-order valence-electron chi connectivity index (χ0n) is 14.5. The molecule has 2 bridgehead atoms. The van der Waals surface area contributed by atoms with Crippen molar-refractivity contribution in [1.82, 2.24) is 10.2 Å². The Kier molecular flexibility index (Phi) is 5.21. The van der Waals surface area contributed by atoms with E-state index < -0.39 is 0 Å².